The van der Waals surface area contributed by atoms with Crippen molar-refractivity contribution < 1.29 is 14.3 Å². The second kappa shape index (κ2) is 8.61. The number of carbonyl (C=O) groups is 1. The molecule has 0 radical (unpaired) electrons. The smallest absolute Gasteiger partial charge is 0.319 e. The van der Waals surface area contributed by atoms with Crippen molar-refractivity contribution >= 4 is 23.3 Å². The zero-order valence-electron chi connectivity index (χ0n) is 11.2. The normalized spacial score (nSPS) is 10.1. The van der Waals surface area contributed by atoms with Crippen molar-refractivity contribution in [2.45, 2.75) is 13.3 Å². The first-order valence-electron chi connectivity index (χ1n) is 6.13. The molecule has 1 rings (SSSR count). The van der Waals surface area contributed by atoms with Crippen molar-refractivity contribution in [2.24, 2.45) is 0 Å². The lowest BCUT2D eigenvalue weighted by atomic mass is 10.3. The minimum Gasteiger partial charge on any atom is -0.495 e. The Morgan fingerprint density at radius 2 is 2.21 bits per heavy atom. The van der Waals surface area contributed by atoms with Crippen LogP contribution in [0.4, 0.5) is 10.5 Å². The molecule has 0 fully saturated rings. The summed E-state index contributed by atoms with van der Waals surface area (Å²) >= 11 is 5.96. The number of hydrogen-bond acceptors (Lipinski definition) is 3. The third-order valence-corrected chi connectivity index (χ3v) is 2.66. The van der Waals surface area contributed by atoms with Gasteiger partial charge in [-0.25, -0.2) is 4.79 Å². The standard InChI is InChI=1S/C13H19ClN2O3/c1-3-19-8-4-7-15-13(17)16-10-5-6-12(18-2)11(14)9-10/h5-6,9H,3-4,7-8H2,1-2H3,(H2,15,16,17). The van der Waals surface area contributed by atoms with E-state index in [1.54, 1.807) is 25.3 Å². The molecule has 19 heavy (non-hydrogen) atoms. The van der Waals surface area contributed by atoms with Crippen molar-refractivity contribution in [3.8, 4) is 5.75 Å². The monoisotopic (exact) mass is 286 g/mol. The third-order valence-electron chi connectivity index (χ3n) is 2.36. The van der Waals surface area contributed by atoms with Gasteiger partial charge in [0.2, 0.25) is 0 Å². The Labute approximate surface area is 118 Å². The van der Waals surface area contributed by atoms with Crippen LogP contribution >= 0.6 is 11.6 Å². The SMILES string of the molecule is CCOCCCNC(=O)Nc1ccc(OC)c(Cl)c1. The molecule has 6 heteroatoms. The first-order valence-corrected chi connectivity index (χ1v) is 6.51. The fraction of sp³-hybridized carbons (Fsp3) is 0.462. The van der Waals surface area contributed by atoms with Crippen LogP contribution < -0.4 is 15.4 Å². The zero-order valence-corrected chi connectivity index (χ0v) is 11.9. The average Bonchev–Trinajstić information content (AvgIpc) is 2.39. The Kier molecular flexibility index (Phi) is 7.07. The maximum Gasteiger partial charge on any atom is 0.319 e. The van der Waals surface area contributed by atoms with Crippen molar-refractivity contribution in [1.82, 2.24) is 5.32 Å². The molecule has 0 saturated carbocycles. The molecule has 0 spiro atoms. The lowest BCUT2D eigenvalue weighted by Crippen LogP contribution is -2.30. The van der Waals surface area contributed by atoms with E-state index in [9.17, 15) is 4.79 Å². The van der Waals surface area contributed by atoms with E-state index < -0.39 is 0 Å². The highest BCUT2D eigenvalue weighted by Gasteiger charge is 2.04. The van der Waals surface area contributed by atoms with Gasteiger partial charge in [0.05, 0.1) is 12.1 Å². The number of urea groups is 1. The van der Waals surface area contributed by atoms with Gasteiger partial charge in [-0.1, -0.05) is 11.6 Å². The molecule has 0 bridgehead atoms. The summed E-state index contributed by atoms with van der Waals surface area (Å²) in [6.07, 6.45) is 0.782. The number of amides is 2. The summed E-state index contributed by atoms with van der Waals surface area (Å²) in [5, 5.41) is 5.88. The zero-order chi connectivity index (χ0) is 14.1. The maximum atomic E-state index is 11.6. The van der Waals surface area contributed by atoms with Crippen LogP contribution in [0.25, 0.3) is 0 Å². The summed E-state index contributed by atoms with van der Waals surface area (Å²) in [6, 6.07) is 4.80. The van der Waals surface area contributed by atoms with E-state index in [1.807, 2.05) is 6.92 Å². The molecule has 1 aromatic rings. The van der Waals surface area contributed by atoms with E-state index >= 15 is 0 Å². The van der Waals surface area contributed by atoms with Gasteiger partial charge in [-0.15, -0.1) is 0 Å². The van der Waals surface area contributed by atoms with Gasteiger partial charge in [0.25, 0.3) is 0 Å². The van der Waals surface area contributed by atoms with Crippen LogP contribution in [0.1, 0.15) is 13.3 Å². The number of rotatable bonds is 7. The molecular weight excluding hydrogens is 268 g/mol. The maximum absolute atomic E-state index is 11.6. The van der Waals surface area contributed by atoms with Crippen molar-refractivity contribution in [2.75, 3.05) is 32.2 Å². The first kappa shape index (κ1) is 15.6. The lowest BCUT2D eigenvalue weighted by Gasteiger charge is -2.09. The Balaban J connectivity index is 2.34. The second-order valence-corrected chi connectivity index (χ2v) is 4.19. The van der Waals surface area contributed by atoms with Crippen LogP contribution in [0.3, 0.4) is 0 Å². The van der Waals surface area contributed by atoms with Crippen LogP contribution in [-0.4, -0.2) is 32.9 Å². The molecule has 2 N–H and O–H groups in total. The molecule has 1 aromatic carbocycles. The highest BCUT2D eigenvalue weighted by Crippen LogP contribution is 2.26. The average molecular weight is 287 g/mol. The molecule has 0 aliphatic heterocycles. The summed E-state index contributed by atoms with van der Waals surface area (Å²) in [6.45, 7) is 3.84. The number of carbonyl (C=O) groups excluding carboxylic acids is 1. The number of nitrogens with one attached hydrogen (secondary N) is 2. The molecule has 0 aliphatic rings. The van der Waals surface area contributed by atoms with Crippen LogP contribution in [-0.2, 0) is 4.74 Å². The van der Waals surface area contributed by atoms with E-state index in [2.05, 4.69) is 10.6 Å². The fourth-order valence-corrected chi connectivity index (χ4v) is 1.70. The largest absolute Gasteiger partial charge is 0.495 e. The topological polar surface area (TPSA) is 59.6 Å². The molecule has 0 aliphatic carbocycles. The number of methoxy groups -OCH3 is 1. The summed E-state index contributed by atoms with van der Waals surface area (Å²) < 4.78 is 10.2. The quantitative estimate of drug-likeness (QED) is 0.758. The number of anilines is 1. The predicted molar refractivity (Wildman–Crippen MR) is 76.1 cm³/mol. The van der Waals surface area contributed by atoms with Gasteiger partial charge in [-0.3, -0.25) is 0 Å². The molecule has 0 atom stereocenters. The van der Waals surface area contributed by atoms with Gasteiger partial charge in [0, 0.05) is 25.4 Å². The van der Waals surface area contributed by atoms with Gasteiger partial charge in [0.15, 0.2) is 0 Å². The minimum absolute atomic E-state index is 0.266. The molecule has 0 unspecified atom stereocenters. The highest BCUT2D eigenvalue weighted by atomic mass is 35.5. The van der Waals surface area contributed by atoms with Gasteiger partial charge in [-0.2, -0.15) is 0 Å². The molecule has 0 aromatic heterocycles. The van der Waals surface area contributed by atoms with E-state index in [0.29, 0.717) is 36.2 Å². The van der Waals surface area contributed by atoms with Gasteiger partial charge in [0.1, 0.15) is 5.75 Å². The Bertz CT molecular complexity index is 413. The third kappa shape index (κ3) is 5.81. The van der Waals surface area contributed by atoms with E-state index in [1.165, 1.54) is 0 Å². The number of ether oxygens (including phenoxy) is 2. The minimum atomic E-state index is -0.266. The molecule has 5 nitrogen and oxygen atoms in total. The van der Waals surface area contributed by atoms with E-state index in [0.717, 1.165) is 6.42 Å². The van der Waals surface area contributed by atoms with Gasteiger partial charge in [-0.05, 0) is 31.5 Å². The molecule has 2 amide bonds. The van der Waals surface area contributed by atoms with E-state index in [4.69, 9.17) is 21.1 Å². The lowest BCUT2D eigenvalue weighted by molar-refractivity contribution is 0.145. The highest BCUT2D eigenvalue weighted by molar-refractivity contribution is 6.32. The van der Waals surface area contributed by atoms with Crippen LogP contribution in [0.5, 0.6) is 5.75 Å². The first-order chi connectivity index (χ1) is 9.17. The Morgan fingerprint density at radius 1 is 1.42 bits per heavy atom. The molecule has 0 heterocycles. The van der Waals surface area contributed by atoms with Gasteiger partial charge >= 0.3 is 6.03 Å². The summed E-state index contributed by atoms with van der Waals surface area (Å²) in [5.41, 5.74) is 0.619. The summed E-state index contributed by atoms with van der Waals surface area (Å²) in [4.78, 5) is 11.6. The van der Waals surface area contributed by atoms with Crippen LogP contribution in [0.15, 0.2) is 18.2 Å². The van der Waals surface area contributed by atoms with Crippen molar-refractivity contribution in [3.05, 3.63) is 23.2 Å². The predicted octanol–water partition coefficient (Wildman–Crippen LogP) is 2.90. The van der Waals surface area contributed by atoms with E-state index in [-0.39, 0.29) is 6.03 Å². The van der Waals surface area contributed by atoms with Crippen molar-refractivity contribution in [3.63, 3.8) is 0 Å². The molecular formula is C13H19ClN2O3. The van der Waals surface area contributed by atoms with Crippen molar-refractivity contribution in [1.29, 1.82) is 0 Å². The summed E-state index contributed by atoms with van der Waals surface area (Å²) in [5.74, 6) is 0.573. The van der Waals surface area contributed by atoms with Crippen LogP contribution in [0.2, 0.25) is 5.02 Å². The van der Waals surface area contributed by atoms with Gasteiger partial charge < -0.3 is 20.1 Å². The second-order valence-electron chi connectivity index (χ2n) is 3.78. The Hall–Kier alpha value is -1.46. The summed E-state index contributed by atoms with van der Waals surface area (Å²) in [7, 11) is 1.54. The van der Waals surface area contributed by atoms with Crippen LogP contribution in [0, 0.1) is 0 Å². The number of hydrogen-bond donors (Lipinski definition) is 2. The Morgan fingerprint density at radius 3 is 2.84 bits per heavy atom. The number of benzene rings is 1. The molecule has 106 valence electrons. The number of halogens is 1. The fourth-order valence-electron chi connectivity index (χ4n) is 1.44. The molecule has 0 saturated heterocycles.